The van der Waals surface area contributed by atoms with E-state index in [1.165, 1.54) is 13.3 Å². The van der Waals surface area contributed by atoms with Crippen LogP contribution in [0.3, 0.4) is 0 Å². The number of amides is 1. The minimum atomic E-state index is -0.0991. The van der Waals surface area contributed by atoms with Crippen molar-refractivity contribution in [1.82, 2.24) is 4.98 Å². The summed E-state index contributed by atoms with van der Waals surface area (Å²) in [6, 6.07) is 9.58. The maximum atomic E-state index is 11.2. The average molecular weight is 226 g/mol. The Bertz CT molecular complexity index is 716. The lowest BCUT2D eigenvalue weighted by atomic mass is 10.1. The van der Waals surface area contributed by atoms with Gasteiger partial charge in [-0.25, -0.2) is 4.98 Å². The molecule has 0 unspecified atom stereocenters. The van der Waals surface area contributed by atoms with Gasteiger partial charge in [0, 0.05) is 17.7 Å². The molecule has 4 heteroatoms. The number of oxazole rings is 1. The third-order valence-corrected chi connectivity index (χ3v) is 2.65. The van der Waals surface area contributed by atoms with Gasteiger partial charge in [-0.1, -0.05) is 24.3 Å². The summed E-state index contributed by atoms with van der Waals surface area (Å²) in [6.45, 7) is 1.49. The molecular weight excluding hydrogens is 216 g/mol. The van der Waals surface area contributed by atoms with Gasteiger partial charge in [-0.05, 0) is 6.07 Å². The van der Waals surface area contributed by atoms with Gasteiger partial charge in [0.1, 0.15) is 5.52 Å². The molecule has 2 aromatic carbocycles. The van der Waals surface area contributed by atoms with E-state index in [9.17, 15) is 4.79 Å². The molecule has 1 amide bonds. The number of hydrogen-bond acceptors (Lipinski definition) is 3. The Morgan fingerprint density at radius 2 is 2.06 bits per heavy atom. The summed E-state index contributed by atoms with van der Waals surface area (Å²) in [5.41, 5.74) is 2.25. The number of benzene rings is 2. The van der Waals surface area contributed by atoms with Crippen molar-refractivity contribution in [3.05, 3.63) is 36.7 Å². The second kappa shape index (κ2) is 3.59. The van der Waals surface area contributed by atoms with Gasteiger partial charge in [0.05, 0.1) is 5.69 Å². The van der Waals surface area contributed by atoms with Crippen LogP contribution in [0, 0.1) is 0 Å². The van der Waals surface area contributed by atoms with Crippen LogP contribution < -0.4 is 5.32 Å². The molecule has 0 radical (unpaired) electrons. The summed E-state index contributed by atoms with van der Waals surface area (Å²) in [7, 11) is 0. The Kier molecular flexibility index (Phi) is 2.08. The summed E-state index contributed by atoms with van der Waals surface area (Å²) < 4.78 is 5.37. The van der Waals surface area contributed by atoms with E-state index in [4.69, 9.17) is 4.42 Å². The van der Waals surface area contributed by atoms with Crippen LogP contribution in [0.1, 0.15) is 6.92 Å². The van der Waals surface area contributed by atoms with Crippen molar-refractivity contribution in [2.45, 2.75) is 6.92 Å². The second-order valence-electron chi connectivity index (χ2n) is 3.85. The number of aromatic nitrogens is 1. The number of carbonyl (C=O) groups excluding carboxylic acids is 1. The van der Waals surface area contributed by atoms with Crippen LogP contribution in [0.5, 0.6) is 0 Å². The Labute approximate surface area is 97.2 Å². The molecule has 0 spiro atoms. The van der Waals surface area contributed by atoms with Crippen LogP contribution in [0.2, 0.25) is 0 Å². The van der Waals surface area contributed by atoms with Gasteiger partial charge < -0.3 is 9.73 Å². The standard InChI is InChI=1S/C13H10N2O2/c1-8(16)15-11-6-12-13(17-7-14-12)10-5-3-2-4-9(10)11/h2-7H,1H3,(H,15,16). The largest absolute Gasteiger partial charge is 0.443 e. The third kappa shape index (κ3) is 1.54. The predicted octanol–water partition coefficient (Wildman–Crippen LogP) is 2.94. The smallest absolute Gasteiger partial charge is 0.221 e. The molecular formula is C13H10N2O2. The summed E-state index contributed by atoms with van der Waals surface area (Å²) >= 11 is 0. The highest BCUT2D eigenvalue weighted by Crippen LogP contribution is 2.31. The van der Waals surface area contributed by atoms with Crippen molar-refractivity contribution in [3.63, 3.8) is 0 Å². The molecule has 0 aliphatic heterocycles. The van der Waals surface area contributed by atoms with Crippen molar-refractivity contribution < 1.29 is 9.21 Å². The van der Waals surface area contributed by atoms with Crippen LogP contribution in [0.4, 0.5) is 5.69 Å². The fourth-order valence-electron chi connectivity index (χ4n) is 1.98. The Morgan fingerprint density at radius 1 is 1.29 bits per heavy atom. The highest BCUT2D eigenvalue weighted by Gasteiger charge is 2.09. The fourth-order valence-corrected chi connectivity index (χ4v) is 1.98. The van der Waals surface area contributed by atoms with Crippen LogP contribution in [0.15, 0.2) is 41.1 Å². The molecule has 3 rings (SSSR count). The molecule has 0 aliphatic rings. The number of nitrogens with zero attached hydrogens (tertiary/aromatic N) is 1. The molecule has 0 atom stereocenters. The Hall–Kier alpha value is -2.36. The first-order valence-electron chi connectivity index (χ1n) is 5.28. The number of hydrogen-bond donors (Lipinski definition) is 1. The highest BCUT2D eigenvalue weighted by atomic mass is 16.3. The molecule has 0 saturated carbocycles. The minimum Gasteiger partial charge on any atom is -0.443 e. The maximum Gasteiger partial charge on any atom is 0.221 e. The topological polar surface area (TPSA) is 55.1 Å². The van der Waals surface area contributed by atoms with Crippen molar-refractivity contribution >= 4 is 33.5 Å². The SMILES string of the molecule is CC(=O)Nc1cc2ncoc2c2ccccc12. The molecule has 3 aromatic rings. The van der Waals surface area contributed by atoms with Crippen molar-refractivity contribution in [2.75, 3.05) is 5.32 Å². The Balaban J connectivity index is 2.41. The molecule has 0 saturated heterocycles. The normalized spacial score (nSPS) is 10.9. The monoisotopic (exact) mass is 226 g/mol. The quantitative estimate of drug-likeness (QED) is 0.694. The van der Waals surface area contributed by atoms with Gasteiger partial charge in [-0.3, -0.25) is 4.79 Å². The molecule has 0 bridgehead atoms. The van der Waals surface area contributed by atoms with Gasteiger partial charge in [0.15, 0.2) is 12.0 Å². The van der Waals surface area contributed by atoms with E-state index >= 15 is 0 Å². The predicted molar refractivity (Wildman–Crippen MR) is 65.8 cm³/mol. The zero-order valence-corrected chi connectivity index (χ0v) is 9.23. The molecule has 0 aliphatic carbocycles. The lowest BCUT2D eigenvalue weighted by molar-refractivity contribution is -0.114. The van der Waals surface area contributed by atoms with Gasteiger partial charge in [0.2, 0.25) is 5.91 Å². The summed E-state index contributed by atoms with van der Waals surface area (Å²) in [5.74, 6) is -0.0991. The first kappa shape index (κ1) is 9.84. The first-order valence-corrected chi connectivity index (χ1v) is 5.28. The fraction of sp³-hybridized carbons (Fsp3) is 0.0769. The van der Waals surface area contributed by atoms with Crippen molar-refractivity contribution in [2.24, 2.45) is 0 Å². The molecule has 0 fully saturated rings. The van der Waals surface area contributed by atoms with Crippen LogP contribution in [0.25, 0.3) is 21.9 Å². The van der Waals surface area contributed by atoms with Crippen LogP contribution in [-0.2, 0) is 4.79 Å². The molecule has 17 heavy (non-hydrogen) atoms. The lowest BCUT2D eigenvalue weighted by Gasteiger charge is -2.06. The van der Waals surface area contributed by atoms with E-state index in [2.05, 4.69) is 10.3 Å². The third-order valence-electron chi connectivity index (χ3n) is 2.65. The van der Waals surface area contributed by atoms with Gasteiger partial charge in [0.25, 0.3) is 0 Å². The number of carbonyl (C=O) groups is 1. The molecule has 4 nitrogen and oxygen atoms in total. The lowest BCUT2D eigenvalue weighted by Crippen LogP contribution is -2.06. The summed E-state index contributed by atoms with van der Waals surface area (Å²) in [5, 5.41) is 4.71. The molecule has 1 heterocycles. The van der Waals surface area contributed by atoms with E-state index in [1.54, 1.807) is 0 Å². The molecule has 1 aromatic heterocycles. The van der Waals surface area contributed by atoms with Crippen LogP contribution >= 0.6 is 0 Å². The highest BCUT2D eigenvalue weighted by molar-refractivity contribution is 6.11. The number of nitrogens with one attached hydrogen (secondary N) is 1. The van der Waals surface area contributed by atoms with Crippen LogP contribution in [-0.4, -0.2) is 10.9 Å². The van der Waals surface area contributed by atoms with Gasteiger partial charge in [-0.2, -0.15) is 0 Å². The molecule has 1 N–H and O–H groups in total. The second-order valence-corrected chi connectivity index (χ2v) is 3.85. The number of anilines is 1. The van der Waals surface area contributed by atoms with E-state index in [0.717, 1.165) is 27.6 Å². The average Bonchev–Trinajstić information content (AvgIpc) is 2.77. The summed E-state index contributed by atoms with van der Waals surface area (Å²) in [6.07, 6.45) is 1.41. The minimum absolute atomic E-state index is 0.0991. The Morgan fingerprint density at radius 3 is 2.82 bits per heavy atom. The van der Waals surface area contributed by atoms with Crippen molar-refractivity contribution in [3.8, 4) is 0 Å². The maximum absolute atomic E-state index is 11.2. The molecule has 84 valence electrons. The van der Waals surface area contributed by atoms with E-state index in [1.807, 2.05) is 30.3 Å². The van der Waals surface area contributed by atoms with E-state index < -0.39 is 0 Å². The first-order chi connectivity index (χ1) is 8.25. The summed E-state index contributed by atoms with van der Waals surface area (Å²) in [4.78, 5) is 15.3. The van der Waals surface area contributed by atoms with Crippen molar-refractivity contribution in [1.29, 1.82) is 0 Å². The zero-order valence-electron chi connectivity index (χ0n) is 9.23. The van der Waals surface area contributed by atoms with Gasteiger partial charge in [-0.15, -0.1) is 0 Å². The van der Waals surface area contributed by atoms with E-state index in [-0.39, 0.29) is 5.91 Å². The zero-order chi connectivity index (χ0) is 11.8. The van der Waals surface area contributed by atoms with E-state index in [0.29, 0.717) is 0 Å². The number of fused-ring (bicyclic) bond motifs is 3. The number of rotatable bonds is 1. The van der Waals surface area contributed by atoms with Gasteiger partial charge >= 0.3 is 0 Å².